The zero-order valence-electron chi connectivity index (χ0n) is 11.7. The van der Waals surface area contributed by atoms with Crippen LogP contribution in [0.1, 0.15) is 28.9 Å². The number of aromatic carboxylic acids is 1. The number of hydrogen-bond acceptors (Lipinski definition) is 3. The molecule has 1 aliphatic carbocycles. The van der Waals surface area contributed by atoms with Crippen molar-refractivity contribution in [1.82, 2.24) is 4.98 Å². The highest BCUT2D eigenvalue weighted by Gasteiger charge is 2.21. The number of benzene rings is 1. The molecule has 21 heavy (non-hydrogen) atoms. The van der Waals surface area contributed by atoms with Gasteiger partial charge < -0.3 is 5.11 Å². The Morgan fingerprint density at radius 2 is 2.14 bits per heavy atom. The van der Waals surface area contributed by atoms with Crippen molar-refractivity contribution in [3.63, 3.8) is 0 Å². The van der Waals surface area contributed by atoms with Gasteiger partial charge in [0.1, 0.15) is 0 Å². The normalized spacial score (nSPS) is 14.2. The molecule has 3 rings (SSSR count). The molecule has 2 aromatic rings. The van der Waals surface area contributed by atoms with Gasteiger partial charge in [-0.15, -0.1) is 11.8 Å². The van der Waals surface area contributed by atoms with E-state index in [9.17, 15) is 9.90 Å². The summed E-state index contributed by atoms with van der Waals surface area (Å²) in [5.41, 5.74) is 3.01. The highest BCUT2D eigenvalue weighted by Crippen LogP contribution is 2.36. The van der Waals surface area contributed by atoms with Crippen molar-refractivity contribution in [3.8, 4) is 0 Å². The molecule has 0 bridgehead atoms. The molecule has 1 heterocycles. The van der Waals surface area contributed by atoms with E-state index in [0.29, 0.717) is 10.9 Å². The van der Waals surface area contributed by atoms with Crippen molar-refractivity contribution in [2.24, 2.45) is 0 Å². The summed E-state index contributed by atoms with van der Waals surface area (Å²) >= 11 is 1.45. The van der Waals surface area contributed by atoms with E-state index < -0.39 is 5.97 Å². The van der Waals surface area contributed by atoms with Gasteiger partial charge in [-0.1, -0.05) is 36.4 Å². The molecule has 0 saturated carbocycles. The molecule has 1 aromatic heterocycles. The molecule has 0 amide bonds. The van der Waals surface area contributed by atoms with Crippen molar-refractivity contribution >= 4 is 34.2 Å². The van der Waals surface area contributed by atoms with Crippen molar-refractivity contribution in [2.75, 3.05) is 6.26 Å². The Labute approximate surface area is 127 Å². The monoisotopic (exact) mass is 297 g/mol. The van der Waals surface area contributed by atoms with Crippen LogP contribution in [0, 0.1) is 0 Å². The van der Waals surface area contributed by atoms with E-state index in [1.807, 2.05) is 42.7 Å². The molecule has 4 heteroatoms. The summed E-state index contributed by atoms with van der Waals surface area (Å²) in [4.78, 5) is 17.2. The van der Waals surface area contributed by atoms with Crippen LogP contribution in [0.5, 0.6) is 0 Å². The number of carboxylic acids is 1. The molecule has 106 valence electrons. The molecular weight excluding hydrogens is 282 g/mol. The number of aromatic nitrogens is 1. The summed E-state index contributed by atoms with van der Waals surface area (Å²) in [6, 6.07) is 7.43. The van der Waals surface area contributed by atoms with Crippen LogP contribution in [0.3, 0.4) is 0 Å². The number of nitrogens with zero attached hydrogens (tertiary/aromatic N) is 1. The van der Waals surface area contributed by atoms with Gasteiger partial charge in [-0.25, -0.2) is 9.78 Å². The highest BCUT2D eigenvalue weighted by molar-refractivity contribution is 7.98. The fourth-order valence-corrected chi connectivity index (χ4v) is 3.39. The molecule has 0 fully saturated rings. The van der Waals surface area contributed by atoms with Gasteiger partial charge in [0.15, 0.2) is 0 Å². The first-order valence-electron chi connectivity index (χ1n) is 6.78. The van der Waals surface area contributed by atoms with Gasteiger partial charge in [0.05, 0.1) is 16.8 Å². The number of rotatable bonds is 3. The van der Waals surface area contributed by atoms with Gasteiger partial charge in [-0.2, -0.15) is 0 Å². The lowest BCUT2D eigenvalue weighted by Gasteiger charge is -2.16. The van der Waals surface area contributed by atoms with Gasteiger partial charge in [0.2, 0.25) is 0 Å². The Kier molecular flexibility index (Phi) is 3.80. The molecule has 0 aliphatic heterocycles. The molecule has 0 saturated heterocycles. The Balaban J connectivity index is 2.36. The topological polar surface area (TPSA) is 50.2 Å². The number of carboxylic acid groups (broad SMARTS) is 1. The average Bonchev–Trinajstić information content (AvgIpc) is 2.53. The first-order valence-corrected chi connectivity index (χ1v) is 8.01. The van der Waals surface area contributed by atoms with Crippen LogP contribution in [0.15, 0.2) is 47.4 Å². The van der Waals surface area contributed by atoms with Gasteiger partial charge in [-0.3, -0.25) is 0 Å². The van der Waals surface area contributed by atoms with Crippen molar-refractivity contribution < 1.29 is 9.90 Å². The molecule has 0 atom stereocenters. The fraction of sp³-hybridized carbons (Fsp3) is 0.176. The molecule has 0 radical (unpaired) electrons. The summed E-state index contributed by atoms with van der Waals surface area (Å²) in [6.07, 6.45) is 9.93. The van der Waals surface area contributed by atoms with Gasteiger partial charge in [0, 0.05) is 10.3 Å². The Bertz CT molecular complexity index is 778. The standard InChI is InChI=1S/C17H15NO2S/c1-21-16-14(17(19)20)12-9-5-6-10-13(12)18-15(16)11-7-3-2-4-8-11/h2-3,5-7,9-10H,4,8H2,1H3,(H,19,20). The van der Waals surface area contributed by atoms with Crippen LogP contribution in [0.25, 0.3) is 16.5 Å². The highest BCUT2D eigenvalue weighted by atomic mass is 32.2. The van der Waals surface area contributed by atoms with E-state index in [-0.39, 0.29) is 0 Å². The summed E-state index contributed by atoms with van der Waals surface area (Å²) in [6.45, 7) is 0. The van der Waals surface area contributed by atoms with Crippen molar-refractivity contribution in [2.45, 2.75) is 17.7 Å². The Morgan fingerprint density at radius 3 is 2.81 bits per heavy atom. The minimum absolute atomic E-state index is 0.360. The first-order chi connectivity index (χ1) is 10.2. The third-order valence-corrected chi connectivity index (χ3v) is 4.39. The quantitative estimate of drug-likeness (QED) is 0.854. The van der Waals surface area contributed by atoms with Crippen LogP contribution in [0.4, 0.5) is 0 Å². The van der Waals surface area contributed by atoms with Crippen molar-refractivity contribution in [1.29, 1.82) is 0 Å². The van der Waals surface area contributed by atoms with Crippen LogP contribution in [-0.4, -0.2) is 22.3 Å². The smallest absolute Gasteiger partial charge is 0.337 e. The fourth-order valence-electron chi connectivity index (χ4n) is 2.62. The second-order valence-electron chi connectivity index (χ2n) is 4.85. The molecule has 0 unspecified atom stereocenters. The second-order valence-corrected chi connectivity index (χ2v) is 5.67. The van der Waals surface area contributed by atoms with Gasteiger partial charge in [0.25, 0.3) is 0 Å². The molecular formula is C17H15NO2S. The number of carbonyl (C=O) groups is 1. The largest absolute Gasteiger partial charge is 0.478 e. The molecule has 1 N–H and O–H groups in total. The van der Waals surface area contributed by atoms with E-state index >= 15 is 0 Å². The lowest BCUT2D eigenvalue weighted by atomic mass is 9.98. The predicted molar refractivity (Wildman–Crippen MR) is 86.8 cm³/mol. The second kappa shape index (κ2) is 5.74. The van der Waals surface area contributed by atoms with Crippen LogP contribution in [0.2, 0.25) is 0 Å². The van der Waals surface area contributed by atoms with Gasteiger partial charge in [-0.05, 0) is 30.7 Å². The number of fused-ring (bicyclic) bond motifs is 1. The van der Waals surface area contributed by atoms with E-state index in [4.69, 9.17) is 4.98 Å². The minimum atomic E-state index is -0.897. The maximum atomic E-state index is 11.8. The maximum absolute atomic E-state index is 11.8. The minimum Gasteiger partial charge on any atom is -0.478 e. The Morgan fingerprint density at radius 1 is 1.33 bits per heavy atom. The number of pyridine rings is 1. The predicted octanol–water partition coefficient (Wildman–Crippen LogP) is 4.39. The van der Waals surface area contributed by atoms with E-state index in [1.165, 1.54) is 11.8 Å². The number of hydrogen-bond donors (Lipinski definition) is 1. The first kappa shape index (κ1) is 13.9. The molecule has 3 nitrogen and oxygen atoms in total. The number of thioether (sulfide) groups is 1. The van der Waals surface area contributed by atoms with E-state index in [0.717, 1.165) is 34.5 Å². The van der Waals surface area contributed by atoms with Crippen molar-refractivity contribution in [3.05, 3.63) is 53.8 Å². The SMILES string of the molecule is CSc1c(C2=CC=CCC2)nc2ccccc2c1C(=O)O. The number of para-hydroxylation sites is 1. The number of allylic oxidation sites excluding steroid dienone is 4. The summed E-state index contributed by atoms with van der Waals surface area (Å²) in [5, 5.41) is 10.3. The van der Waals surface area contributed by atoms with E-state index in [2.05, 4.69) is 6.08 Å². The zero-order chi connectivity index (χ0) is 14.8. The average molecular weight is 297 g/mol. The summed E-state index contributed by atoms with van der Waals surface area (Å²) < 4.78 is 0. The molecule has 1 aliphatic rings. The van der Waals surface area contributed by atoms with Gasteiger partial charge >= 0.3 is 5.97 Å². The Hall–Kier alpha value is -2.07. The van der Waals surface area contributed by atoms with Crippen LogP contribution in [-0.2, 0) is 0 Å². The molecule has 1 aromatic carbocycles. The summed E-state index contributed by atoms with van der Waals surface area (Å²) in [5.74, 6) is -0.897. The summed E-state index contributed by atoms with van der Waals surface area (Å²) in [7, 11) is 0. The third kappa shape index (κ3) is 2.47. The maximum Gasteiger partial charge on any atom is 0.337 e. The van der Waals surface area contributed by atoms with E-state index in [1.54, 1.807) is 0 Å². The lowest BCUT2D eigenvalue weighted by Crippen LogP contribution is -2.06. The zero-order valence-corrected chi connectivity index (χ0v) is 12.5. The third-order valence-electron chi connectivity index (χ3n) is 3.58. The van der Waals surface area contributed by atoms with Crippen LogP contribution >= 0.6 is 11.8 Å². The van der Waals surface area contributed by atoms with Crippen LogP contribution < -0.4 is 0 Å². The lowest BCUT2D eigenvalue weighted by molar-refractivity contribution is 0.0695. The molecule has 0 spiro atoms.